The fourth-order valence-corrected chi connectivity index (χ4v) is 5.16. The normalized spacial score (nSPS) is 14.2. The van der Waals surface area contributed by atoms with E-state index >= 15 is 0 Å². The third-order valence-electron chi connectivity index (χ3n) is 6.23. The first-order chi connectivity index (χ1) is 17.4. The Morgan fingerprint density at radius 2 is 1.81 bits per heavy atom. The van der Waals surface area contributed by atoms with Crippen LogP contribution in [0.15, 0.2) is 58.2 Å². The summed E-state index contributed by atoms with van der Waals surface area (Å²) in [5, 5.41) is 0. The number of thioether (sulfide) groups is 1. The number of methoxy groups -OCH3 is 3. The van der Waals surface area contributed by atoms with Crippen molar-refractivity contribution in [3.05, 3.63) is 81.0 Å². The molecule has 0 bridgehead atoms. The number of aryl methyl sites for hydroxylation is 1. The number of carbonyl (C=O) groups excluding carboxylic acids is 1. The Bertz CT molecular complexity index is 1360. The number of hydrogen-bond donors (Lipinski definition) is 0. The van der Waals surface area contributed by atoms with Gasteiger partial charge in [-0.2, -0.15) is 0 Å². The molecule has 3 aromatic rings. The molecule has 1 aliphatic carbocycles. The maximum Gasteiger partial charge on any atom is 0.338 e. The highest BCUT2D eigenvalue weighted by Gasteiger charge is 2.31. The van der Waals surface area contributed by atoms with Crippen molar-refractivity contribution in [2.75, 3.05) is 27.6 Å². The molecule has 8 heteroatoms. The molecule has 0 fully saturated rings. The van der Waals surface area contributed by atoms with Crippen molar-refractivity contribution in [3.8, 4) is 28.4 Å². The van der Waals surface area contributed by atoms with E-state index < -0.39 is 12.1 Å². The van der Waals surface area contributed by atoms with Gasteiger partial charge in [0.05, 0.1) is 31.8 Å². The van der Waals surface area contributed by atoms with Gasteiger partial charge < -0.3 is 18.9 Å². The molecular weight excluding hydrogens is 500 g/mol. The molecule has 0 radical (unpaired) electrons. The van der Waals surface area contributed by atoms with Gasteiger partial charge in [0.1, 0.15) is 6.10 Å². The van der Waals surface area contributed by atoms with Crippen molar-refractivity contribution in [2.24, 2.45) is 0 Å². The second kappa shape index (κ2) is 11.3. The fraction of sp³-hybridized carbons (Fsp3) is 0.286. The Hall–Kier alpha value is -3.16. The van der Waals surface area contributed by atoms with Crippen LogP contribution in [-0.4, -0.2) is 33.6 Å². The topological polar surface area (TPSA) is 71.1 Å². The largest absolute Gasteiger partial charge is 0.493 e. The molecule has 0 spiro atoms. The summed E-state index contributed by atoms with van der Waals surface area (Å²) in [6.45, 7) is 0. The van der Waals surface area contributed by atoms with Crippen LogP contribution in [0.1, 0.15) is 39.6 Å². The molecule has 4 rings (SSSR count). The summed E-state index contributed by atoms with van der Waals surface area (Å²) in [6, 6.07) is 14.2. The summed E-state index contributed by atoms with van der Waals surface area (Å²) >= 11 is 7.32. The smallest absolute Gasteiger partial charge is 0.338 e. The number of halogens is 1. The van der Waals surface area contributed by atoms with Crippen molar-refractivity contribution in [3.63, 3.8) is 0 Å². The summed E-state index contributed by atoms with van der Waals surface area (Å²) in [6.07, 6.45) is 2.23. The quantitative estimate of drug-likeness (QED) is 0.211. The third-order valence-corrected chi connectivity index (χ3v) is 7.32. The lowest BCUT2D eigenvalue weighted by Gasteiger charge is -2.19. The van der Waals surface area contributed by atoms with Crippen LogP contribution in [0, 0.1) is 0 Å². The van der Waals surface area contributed by atoms with E-state index in [0.29, 0.717) is 52.0 Å². The second-order valence-electron chi connectivity index (χ2n) is 8.23. The minimum Gasteiger partial charge on any atom is -0.493 e. The van der Waals surface area contributed by atoms with Crippen LogP contribution in [0.4, 0.5) is 0 Å². The molecule has 1 atom stereocenters. The lowest BCUT2D eigenvalue weighted by atomic mass is 9.96. The van der Waals surface area contributed by atoms with Crippen molar-refractivity contribution in [1.29, 1.82) is 0 Å². The Kier molecular flexibility index (Phi) is 8.11. The number of fused-ring (bicyclic) bond motifs is 3. The van der Waals surface area contributed by atoms with E-state index in [1.807, 2.05) is 24.5 Å². The minimum atomic E-state index is -0.656. The Morgan fingerprint density at radius 1 is 1.03 bits per heavy atom. The molecule has 188 valence electrons. The first-order valence-electron chi connectivity index (χ1n) is 11.4. The number of rotatable bonds is 7. The van der Waals surface area contributed by atoms with Crippen LogP contribution in [0.25, 0.3) is 11.1 Å². The molecular formula is C28H27ClO6S. The van der Waals surface area contributed by atoms with Gasteiger partial charge in [-0.15, -0.1) is 23.4 Å². The molecule has 36 heavy (non-hydrogen) atoms. The van der Waals surface area contributed by atoms with Crippen molar-refractivity contribution < 1.29 is 23.7 Å². The third kappa shape index (κ3) is 4.90. The van der Waals surface area contributed by atoms with Gasteiger partial charge in [0.25, 0.3) is 0 Å². The van der Waals surface area contributed by atoms with Crippen LogP contribution in [0.2, 0.25) is 0 Å². The fourth-order valence-electron chi connectivity index (χ4n) is 4.53. The number of carbonyl (C=O) groups is 1. The van der Waals surface area contributed by atoms with E-state index in [4.69, 9.17) is 30.5 Å². The van der Waals surface area contributed by atoms with E-state index in [1.54, 1.807) is 51.7 Å². The molecule has 0 aromatic heterocycles. The Morgan fingerprint density at radius 3 is 2.47 bits per heavy atom. The maximum atomic E-state index is 13.2. The molecule has 1 aliphatic rings. The standard InChI is InChI=1S/C28H27ClO6S/c1-32-23-13-17-8-10-22(35-28(31)18-7-5-6-16(12-18)15-29)20-14-21(30)24(36-4)11-9-19(20)25(17)27(34-3)26(23)33-2/h5-7,9,11-14,22H,8,10,15H2,1-4H3/t22-/m0/s1. The summed E-state index contributed by atoms with van der Waals surface area (Å²) in [5.41, 5.74) is 4.17. The molecule has 0 saturated carbocycles. The average molecular weight is 527 g/mol. The van der Waals surface area contributed by atoms with Gasteiger partial charge in [-0.3, -0.25) is 4.79 Å². The Balaban J connectivity index is 1.91. The highest BCUT2D eigenvalue weighted by molar-refractivity contribution is 7.98. The van der Waals surface area contributed by atoms with Crippen LogP contribution < -0.4 is 19.6 Å². The van der Waals surface area contributed by atoms with E-state index in [0.717, 1.165) is 22.3 Å². The lowest BCUT2D eigenvalue weighted by molar-refractivity contribution is 0.0280. The summed E-state index contributed by atoms with van der Waals surface area (Å²) in [4.78, 5) is 26.8. The van der Waals surface area contributed by atoms with E-state index in [1.165, 1.54) is 11.8 Å². The summed E-state index contributed by atoms with van der Waals surface area (Å²) in [7, 11) is 4.69. The van der Waals surface area contributed by atoms with Crippen molar-refractivity contribution in [1.82, 2.24) is 0 Å². The van der Waals surface area contributed by atoms with Crippen molar-refractivity contribution in [2.45, 2.75) is 29.7 Å². The van der Waals surface area contributed by atoms with Gasteiger partial charge in [0.15, 0.2) is 16.9 Å². The minimum absolute atomic E-state index is 0.142. The van der Waals surface area contributed by atoms with E-state index in [9.17, 15) is 9.59 Å². The van der Waals surface area contributed by atoms with Gasteiger partial charge in [0.2, 0.25) is 5.75 Å². The second-order valence-corrected chi connectivity index (χ2v) is 9.34. The van der Waals surface area contributed by atoms with Gasteiger partial charge in [-0.1, -0.05) is 18.2 Å². The number of alkyl halides is 1. The number of hydrogen-bond acceptors (Lipinski definition) is 7. The zero-order valence-electron chi connectivity index (χ0n) is 20.6. The summed E-state index contributed by atoms with van der Waals surface area (Å²) < 4.78 is 23.0. The lowest BCUT2D eigenvalue weighted by Crippen LogP contribution is -2.13. The van der Waals surface area contributed by atoms with Gasteiger partial charge in [-0.05, 0) is 66.1 Å². The number of esters is 1. The zero-order chi connectivity index (χ0) is 25.8. The zero-order valence-corrected chi connectivity index (χ0v) is 22.1. The molecule has 0 heterocycles. The van der Waals surface area contributed by atoms with Crippen molar-refractivity contribution >= 4 is 29.3 Å². The maximum absolute atomic E-state index is 13.2. The van der Waals surface area contributed by atoms with Crippen LogP contribution in [0.3, 0.4) is 0 Å². The highest BCUT2D eigenvalue weighted by atomic mass is 35.5. The van der Waals surface area contributed by atoms with E-state index in [2.05, 4.69) is 0 Å². The first-order valence-corrected chi connectivity index (χ1v) is 13.1. The number of benzene rings is 2. The predicted molar refractivity (Wildman–Crippen MR) is 142 cm³/mol. The molecule has 0 unspecified atom stereocenters. The van der Waals surface area contributed by atoms with E-state index in [-0.39, 0.29) is 5.43 Å². The van der Waals surface area contributed by atoms with Gasteiger partial charge in [-0.25, -0.2) is 4.79 Å². The van der Waals surface area contributed by atoms with Crippen LogP contribution in [-0.2, 0) is 17.0 Å². The van der Waals surface area contributed by atoms with Crippen LogP contribution in [0.5, 0.6) is 17.2 Å². The van der Waals surface area contributed by atoms with Crippen LogP contribution >= 0.6 is 23.4 Å². The molecule has 0 aliphatic heterocycles. The van der Waals surface area contributed by atoms with Gasteiger partial charge in [0, 0.05) is 17.0 Å². The molecule has 0 N–H and O–H groups in total. The highest BCUT2D eigenvalue weighted by Crippen LogP contribution is 2.50. The predicted octanol–water partition coefficient (Wildman–Crippen LogP) is 6.04. The SMILES string of the molecule is COc1cc2c(c(OC)c1OC)-c1ccc(SC)c(=O)cc1[C@@H](OC(=O)c1cccc(CCl)c1)CC2. The molecule has 0 saturated heterocycles. The molecule has 3 aromatic carbocycles. The molecule has 0 amide bonds. The molecule has 6 nitrogen and oxygen atoms in total. The van der Waals surface area contributed by atoms with Gasteiger partial charge >= 0.3 is 5.97 Å². The Labute approximate surface area is 219 Å². The summed E-state index contributed by atoms with van der Waals surface area (Å²) in [5.74, 6) is 1.31. The first kappa shape index (κ1) is 25.9. The monoisotopic (exact) mass is 526 g/mol. The average Bonchev–Trinajstić information content (AvgIpc) is 3.15. The number of ether oxygens (including phenoxy) is 4.